The topological polar surface area (TPSA) is 67.8 Å². The van der Waals surface area contributed by atoms with Gasteiger partial charge in [-0.2, -0.15) is 0 Å². The molecule has 2 aromatic heterocycles. The first kappa shape index (κ1) is 17.9. The Hall–Kier alpha value is -2.87. The summed E-state index contributed by atoms with van der Waals surface area (Å²) < 4.78 is 0.848. The first-order chi connectivity index (χ1) is 12.7. The molecule has 3 aromatic rings. The molecule has 26 heavy (non-hydrogen) atoms. The van der Waals surface area contributed by atoms with E-state index in [0.29, 0.717) is 17.2 Å². The highest BCUT2D eigenvalue weighted by molar-refractivity contribution is 14.1. The highest BCUT2D eigenvalue weighted by atomic mass is 127. The largest absolute Gasteiger partial charge is 0.321 e. The van der Waals surface area contributed by atoms with Crippen molar-refractivity contribution in [3.05, 3.63) is 94.6 Å². The van der Waals surface area contributed by atoms with Gasteiger partial charge in [0, 0.05) is 23.6 Å². The van der Waals surface area contributed by atoms with Crippen molar-refractivity contribution >= 4 is 34.2 Å². The van der Waals surface area contributed by atoms with Gasteiger partial charge >= 0.3 is 0 Å². The van der Waals surface area contributed by atoms with Gasteiger partial charge in [-0.3, -0.25) is 9.78 Å². The minimum absolute atomic E-state index is 0.277. The van der Waals surface area contributed by atoms with E-state index in [9.17, 15) is 4.79 Å². The first-order valence-electron chi connectivity index (χ1n) is 7.87. The second-order valence-corrected chi connectivity index (χ2v) is 6.33. The van der Waals surface area contributed by atoms with Gasteiger partial charge in [-0.25, -0.2) is 9.97 Å². The average Bonchev–Trinajstić information content (AvgIpc) is 2.67. The van der Waals surface area contributed by atoms with E-state index in [1.165, 1.54) is 0 Å². The summed E-state index contributed by atoms with van der Waals surface area (Å²) in [5.74, 6) is 0.306. The fourth-order valence-electron chi connectivity index (χ4n) is 2.11. The van der Waals surface area contributed by atoms with Crippen molar-refractivity contribution in [3.8, 4) is 11.4 Å². The summed E-state index contributed by atoms with van der Waals surface area (Å²) in [5.41, 5.74) is 1.76. The minimum Gasteiger partial charge on any atom is -0.321 e. The van der Waals surface area contributed by atoms with Gasteiger partial charge in [0.25, 0.3) is 5.91 Å². The lowest BCUT2D eigenvalue weighted by atomic mass is 10.2. The summed E-state index contributed by atoms with van der Waals surface area (Å²) in [6, 6.07) is 22.2. The zero-order valence-electron chi connectivity index (χ0n) is 13.7. The fourth-order valence-corrected chi connectivity index (χ4v) is 2.50. The van der Waals surface area contributed by atoms with Gasteiger partial charge < -0.3 is 5.32 Å². The third-order valence-electron chi connectivity index (χ3n) is 3.35. The predicted octanol–water partition coefficient (Wildman–Crippen LogP) is 4.52. The first-order valence-corrected chi connectivity index (χ1v) is 8.95. The number of halogens is 1. The van der Waals surface area contributed by atoms with Gasteiger partial charge in [-0.15, -0.1) is 0 Å². The summed E-state index contributed by atoms with van der Waals surface area (Å²) in [6.07, 6.45) is 3.30. The maximum atomic E-state index is 12.4. The number of carbonyl (C=O) groups excluding carboxylic acids is 1. The number of amides is 1. The van der Waals surface area contributed by atoms with Gasteiger partial charge in [0.05, 0.1) is 0 Å². The van der Waals surface area contributed by atoms with Crippen LogP contribution in [0.3, 0.4) is 0 Å². The maximum Gasteiger partial charge on any atom is 0.274 e. The van der Waals surface area contributed by atoms with Crippen LogP contribution in [-0.2, 0) is 0 Å². The molecule has 3 rings (SSSR count). The van der Waals surface area contributed by atoms with Crippen LogP contribution in [-0.4, -0.2) is 20.9 Å². The Morgan fingerprint density at radius 3 is 2.15 bits per heavy atom. The Balaban J connectivity index is 1.79. The van der Waals surface area contributed by atoms with Crippen LogP contribution in [0.2, 0.25) is 0 Å². The lowest BCUT2D eigenvalue weighted by molar-refractivity contribution is 0.102. The second kappa shape index (κ2) is 9.00. The quantitative estimate of drug-likeness (QED) is 0.467. The number of aromatic nitrogens is 3. The molecule has 6 heteroatoms. The Morgan fingerprint density at radius 2 is 1.54 bits per heavy atom. The van der Waals surface area contributed by atoms with E-state index in [4.69, 9.17) is 0 Å². The highest BCUT2D eigenvalue weighted by Crippen LogP contribution is 2.15. The molecule has 128 valence electrons. The van der Waals surface area contributed by atoms with E-state index < -0.39 is 0 Å². The molecule has 0 fully saturated rings. The van der Waals surface area contributed by atoms with Gasteiger partial charge in [-0.05, 0) is 52.9 Å². The maximum absolute atomic E-state index is 12.4. The SMILES string of the molecule is O=C(Nc1ccccccccc1)c1ccc(-c2nccc(I)n2)cn1. The lowest BCUT2D eigenvalue weighted by Gasteiger charge is -2.04. The van der Waals surface area contributed by atoms with Crippen LogP contribution in [0, 0.1) is 3.70 Å². The Bertz CT molecular complexity index is 934. The summed E-state index contributed by atoms with van der Waals surface area (Å²) in [6.45, 7) is 0. The fraction of sp³-hybridized carbons (Fsp3) is 0. The molecular formula is C20H15IN4O. The smallest absolute Gasteiger partial charge is 0.274 e. The van der Waals surface area contributed by atoms with Crippen LogP contribution < -0.4 is 5.32 Å². The van der Waals surface area contributed by atoms with Crippen LogP contribution in [0.4, 0.5) is 5.69 Å². The zero-order valence-corrected chi connectivity index (χ0v) is 15.9. The van der Waals surface area contributed by atoms with Crippen LogP contribution >= 0.6 is 22.6 Å². The predicted molar refractivity (Wildman–Crippen MR) is 110 cm³/mol. The third kappa shape index (κ3) is 5.06. The van der Waals surface area contributed by atoms with Crippen molar-refractivity contribution < 1.29 is 4.79 Å². The molecule has 5 nitrogen and oxygen atoms in total. The standard InChI is InChI=1S/C20H15IN4O/c21-18-12-13-22-19(25-18)15-10-11-17(23-14-15)20(26)24-16-8-6-4-2-1-3-5-7-9-16/h1-14H,(H,24,26). The summed E-state index contributed by atoms with van der Waals surface area (Å²) >= 11 is 2.13. The van der Waals surface area contributed by atoms with Gasteiger partial charge in [-0.1, -0.05) is 42.5 Å². The highest BCUT2D eigenvalue weighted by Gasteiger charge is 2.09. The monoisotopic (exact) mass is 454 g/mol. The molecular weight excluding hydrogens is 439 g/mol. The van der Waals surface area contributed by atoms with E-state index in [1.54, 1.807) is 24.5 Å². The van der Waals surface area contributed by atoms with Crippen LogP contribution in [0.5, 0.6) is 0 Å². The van der Waals surface area contributed by atoms with Crippen molar-refractivity contribution in [1.29, 1.82) is 0 Å². The summed E-state index contributed by atoms with van der Waals surface area (Å²) in [4.78, 5) is 25.2. The molecule has 0 atom stereocenters. The van der Waals surface area contributed by atoms with Crippen molar-refractivity contribution in [2.45, 2.75) is 0 Å². The number of nitrogens with one attached hydrogen (secondary N) is 1. The molecule has 0 bridgehead atoms. The van der Waals surface area contributed by atoms with E-state index >= 15 is 0 Å². The number of anilines is 1. The van der Waals surface area contributed by atoms with Crippen molar-refractivity contribution in [2.24, 2.45) is 0 Å². The number of hydrogen-bond acceptors (Lipinski definition) is 4. The number of carbonyl (C=O) groups is 1. The third-order valence-corrected chi connectivity index (χ3v) is 3.95. The molecule has 0 saturated carbocycles. The molecule has 0 unspecified atom stereocenters. The van der Waals surface area contributed by atoms with Gasteiger partial charge in [0.1, 0.15) is 9.39 Å². The van der Waals surface area contributed by atoms with E-state index in [-0.39, 0.29) is 5.91 Å². The number of hydrogen-bond donors (Lipinski definition) is 1. The molecule has 1 aromatic carbocycles. The Kier molecular flexibility index (Phi) is 6.21. The molecule has 1 N–H and O–H groups in total. The second-order valence-electron chi connectivity index (χ2n) is 5.23. The van der Waals surface area contributed by atoms with E-state index in [2.05, 4.69) is 42.9 Å². The molecule has 0 aliphatic rings. The molecule has 0 saturated heterocycles. The molecule has 0 spiro atoms. The molecule has 1 amide bonds. The van der Waals surface area contributed by atoms with Gasteiger partial charge in [0.2, 0.25) is 0 Å². The normalized spacial score (nSPS) is 9.88. The van der Waals surface area contributed by atoms with Crippen molar-refractivity contribution in [2.75, 3.05) is 5.32 Å². The summed E-state index contributed by atoms with van der Waals surface area (Å²) in [7, 11) is 0. The average molecular weight is 454 g/mol. The zero-order chi connectivity index (χ0) is 18.2. The van der Waals surface area contributed by atoms with Crippen molar-refractivity contribution in [3.63, 3.8) is 0 Å². The van der Waals surface area contributed by atoms with E-state index in [0.717, 1.165) is 9.26 Å². The molecule has 0 aliphatic carbocycles. The molecule has 2 heterocycles. The van der Waals surface area contributed by atoms with Gasteiger partial charge in [0.15, 0.2) is 5.82 Å². The van der Waals surface area contributed by atoms with Crippen LogP contribution in [0.25, 0.3) is 11.4 Å². The minimum atomic E-state index is -0.277. The summed E-state index contributed by atoms with van der Waals surface area (Å²) in [5, 5.41) is 2.85. The van der Waals surface area contributed by atoms with Crippen LogP contribution in [0.15, 0.2) is 85.2 Å². The number of rotatable bonds is 3. The van der Waals surface area contributed by atoms with Crippen molar-refractivity contribution in [1.82, 2.24) is 15.0 Å². The molecule has 0 aliphatic heterocycles. The molecule has 0 radical (unpaired) electrons. The number of nitrogens with zero attached hydrogens (tertiary/aromatic N) is 3. The Labute approximate surface area is 165 Å². The van der Waals surface area contributed by atoms with E-state index in [1.807, 2.05) is 60.7 Å². The number of pyridine rings is 1. The van der Waals surface area contributed by atoms with Crippen LogP contribution in [0.1, 0.15) is 10.5 Å². The Morgan fingerprint density at radius 1 is 0.846 bits per heavy atom. The lowest BCUT2D eigenvalue weighted by Crippen LogP contribution is -2.13.